The SMILES string of the molecule is CC1CC2C(=O)OCCC(=O)N3CCCC3C(=O)N3CCCCC3C(=O)NC(C)C(=O)N2C1.Cc1ccccc1.Cn1ccc(NC(=O)NCC(N)=O)n1. The Labute approximate surface area is 315 Å². The molecule has 0 bridgehead atoms. The van der Waals surface area contributed by atoms with Crippen LogP contribution in [0.1, 0.15) is 64.4 Å². The summed E-state index contributed by atoms with van der Waals surface area (Å²) in [7, 11) is 1.73. The Balaban J connectivity index is 0.000000252. The number of esters is 1. The van der Waals surface area contributed by atoms with Crippen molar-refractivity contribution in [3.05, 3.63) is 48.2 Å². The number of hydrogen-bond donors (Lipinski definition) is 4. The van der Waals surface area contributed by atoms with Crippen LogP contribution in [0.5, 0.6) is 0 Å². The largest absolute Gasteiger partial charge is 0.464 e. The molecular formula is C37H53N9O8. The summed E-state index contributed by atoms with van der Waals surface area (Å²) in [6, 6.07) is 8.57. The highest BCUT2D eigenvalue weighted by Gasteiger charge is 2.44. The molecule has 4 saturated heterocycles. The number of urea groups is 1. The number of cyclic esters (lactones) is 1. The van der Waals surface area contributed by atoms with Gasteiger partial charge in [-0.15, -0.1) is 0 Å². The van der Waals surface area contributed by atoms with Crippen LogP contribution in [0.3, 0.4) is 0 Å². The number of hydrogen-bond acceptors (Lipinski definition) is 9. The molecule has 5 unspecified atom stereocenters. The van der Waals surface area contributed by atoms with E-state index in [0.29, 0.717) is 51.1 Å². The predicted octanol–water partition coefficient (Wildman–Crippen LogP) is 1.07. The highest BCUT2D eigenvalue weighted by molar-refractivity contribution is 5.96. The smallest absolute Gasteiger partial charge is 0.328 e. The molecular weight excluding hydrogens is 698 g/mol. The van der Waals surface area contributed by atoms with Crippen molar-refractivity contribution in [1.82, 2.24) is 35.1 Å². The minimum Gasteiger partial charge on any atom is -0.464 e. The number of aromatic nitrogens is 2. The summed E-state index contributed by atoms with van der Waals surface area (Å²) in [5.41, 5.74) is 6.16. The van der Waals surface area contributed by atoms with Crippen LogP contribution in [-0.4, -0.2) is 123 Å². The van der Waals surface area contributed by atoms with Crippen LogP contribution in [-0.2, 0) is 40.6 Å². The summed E-state index contributed by atoms with van der Waals surface area (Å²) in [5.74, 6) is -1.74. The van der Waals surface area contributed by atoms with Crippen molar-refractivity contribution in [1.29, 1.82) is 0 Å². The zero-order chi connectivity index (χ0) is 39.4. The Morgan fingerprint density at radius 3 is 2.26 bits per heavy atom. The van der Waals surface area contributed by atoms with Gasteiger partial charge in [0, 0.05) is 38.9 Å². The van der Waals surface area contributed by atoms with Crippen molar-refractivity contribution in [2.75, 3.05) is 38.1 Å². The van der Waals surface area contributed by atoms with Gasteiger partial charge in [0.1, 0.15) is 30.8 Å². The monoisotopic (exact) mass is 751 g/mol. The number of nitrogens with zero attached hydrogens (tertiary/aromatic N) is 5. The second-order valence-corrected chi connectivity index (χ2v) is 14.1. The molecule has 17 heteroatoms. The number of primary amides is 1. The van der Waals surface area contributed by atoms with Crippen molar-refractivity contribution in [3.8, 4) is 0 Å². The molecule has 7 amide bonds. The third kappa shape index (κ3) is 11.5. The summed E-state index contributed by atoms with van der Waals surface area (Å²) in [5, 5.41) is 11.4. The number of ether oxygens (including phenoxy) is 1. The van der Waals surface area contributed by atoms with Crippen molar-refractivity contribution in [2.24, 2.45) is 18.7 Å². The van der Waals surface area contributed by atoms with Crippen molar-refractivity contribution in [2.45, 2.75) is 89.9 Å². The topological polar surface area (TPSA) is 218 Å². The number of rotatable bonds is 3. The third-order valence-corrected chi connectivity index (χ3v) is 9.62. The Morgan fingerprint density at radius 2 is 1.61 bits per heavy atom. The first-order chi connectivity index (χ1) is 25.7. The molecule has 54 heavy (non-hydrogen) atoms. The molecule has 17 nitrogen and oxygen atoms in total. The molecule has 4 aliphatic heterocycles. The molecule has 6 rings (SSSR count). The van der Waals surface area contributed by atoms with Gasteiger partial charge >= 0.3 is 12.0 Å². The molecule has 0 spiro atoms. The van der Waals surface area contributed by atoms with E-state index in [1.54, 1.807) is 40.7 Å². The highest BCUT2D eigenvalue weighted by atomic mass is 16.5. The van der Waals surface area contributed by atoms with E-state index in [1.807, 2.05) is 25.1 Å². The Hall–Kier alpha value is -5.48. The van der Waals surface area contributed by atoms with Crippen LogP contribution in [0.2, 0.25) is 0 Å². The van der Waals surface area contributed by atoms with Crippen LogP contribution in [0.4, 0.5) is 10.6 Å². The predicted molar refractivity (Wildman–Crippen MR) is 197 cm³/mol. The molecule has 5 N–H and O–H groups in total. The average molecular weight is 752 g/mol. The van der Waals surface area contributed by atoms with Gasteiger partial charge in [0.05, 0.1) is 13.0 Å². The molecule has 2 aromatic rings. The second kappa shape index (κ2) is 19.6. The van der Waals surface area contributed by atoms with Gasteiger partial charge in [0.2, 0.25) is 29.5 Å². The Bertz CT molecular complexity index is 1650. The number of carbonyl (C=O) groups is 7. The fourth-order valence-corrected chi connectivity index (χ4v) is 6.94. The minimum atomic E-state index is -0.825. The van der Waals surface area contributed by atoms with Gasteiger partial charge < -0.3 is 35.8 Å². The van der Waals surface area contributed by atoms with Crippen LogP contribution in [0.15, 0.2) is 42.6 Å². The number of aryl methyl sites for hydroxylation is 2. The number of piperidine rings is 1. The number of amides is 7. The van der Waals surface area contributed by atoms with E-state index in [4.69, 9.17) is 10.5 Å². The number of fused-ring (bicyclic) bond motifs is 3. The second-order valence-electron chi connectivity index (χ2n) is 14.1. The lowest BCUT2D eigenvalue weighted by Crippen LogP contribution is -2.59. The van der Waals surface area contributed by atoms with Crippen molar-refractivity contribution < 1.29 is 38.3 Å². The fraction of sp³-hybridized carbons (Fsp3) is 0.568. The third-order valence-electron chi connectivity index (χ3n) is 9.62. The number of nitrogens with one attached hydrogen (secondary N) is 3. The molecule has 1 aromatic heterocycles. The van der Waals surface area contributed by atoms with Gasteiger partial charge in [-0.05, 0) is 58.3 Å². The standard InChI is InChI=1S/C23H34N4O6.C7H11N5O2.C7H8/c1-14-12-18-23(32)33-11-8-19(28)25-10-5-7-17(25)22(31)26-9-4-3-6-16(26)20(29)24-15(2)21(30)27(18)13-14;1-12-3-2-6(11-12)10-7(14)9-4-5(8)13;1-7-5-3-2-4-6-7/h14-18H,3-13H2,1-2H3,(H,24,29);2-3H,4H2,1H3,(H2,8,13)(H2,9,10,11,14);2-6H,1H3. The number of nitrogens with two attached hydrogens (primary N) is 1. The fourth-order valence-electron chi connectivity index (χ4n) is 6.94. The van der Waals surface area contributed by atoms with E-state index in [0.717, 1.165) is 12.8 Å². The van der Waals surface area contributed by atoms with Crippen LogP contribution >= 0.6 is 0 Å². The average Bonchev–Trinajstić information content (AvgIpc) is 3.90. The Kier molecular flexibility index (Phi) is 14.9. The van der Waals surface area contributed by atoms with E-state index in [1.165, 1.54) is 10.5 Å². The van der Waals surface area contributed by atoms with Crippen molar-refractivity contribution in [3.63, 3.8) is 0 Å². The number of benzene rings is 1. The molecule has 0 aliphatic carbocycles. The van der Waals surface area contributed by atoms with E-state index < -0.39 is 42.1 Å². The normalized spacial score (nSPS) is 24.7. The summed E-state index contributed by atoms with van der Waals surface area (Å²) < 4.78 is 6.92. The number of carbonyl (C=O) groups excluding carboxylic acids is 7. The Morgan fingerprint density at radius 1 is 0.907 bits per heavy atom. The van der Waals surface area contributed by atoms with Gasteiger partial charge in [-0.2, -0.15) is 5.10 Å². The van der Waals surface area contributed by atoms with Crippen LogP contribution in [0, 0.1) is 12.8 Å². The molecule has 5 atom stereocenters. The summed E-state index contributed by atoms with van der Waals surface area (Å²) in [4.78, 5) is 91.3. The molecule has 4 aliphatic rings. The first-order valence-corrected chi connectivity index (χ1v) is 18.5. The quantitative estimate of drug-likeness (QED) is 0.329. The van der Waals surface area contributed by atoms with Gasteiger partial charge in [0.25, 0.3) is 0 Å². The number of anilines is 1. The lowest BCUT2D eigenvalue weighted by Gasteiger charge is -2.38. The lowest BCUT2D eigenvalue weighted by molar-refractivity contribution is -0.156. The molecule has 1 aromatic carbocycles. The van der Waals surface area contributed by atoms with Crippen LogP contribution in [0.25, 0.3) is 0 Å². The lowest BCUT2D eigenvalue weighted by atomic mass is 9.99. The highest BCUT2D eigenvalue weighted by Crippen LogP contribution is 2.27. The van der Waals surface area contributed by atoms with E-state index in [9.17, 15) is 33.6 Å². The molecule has 294 valence electrons. The minimum absolute atomic E-state index is 0.00788. The molecule has 4 fully saturated rings. The van der Waals surface area contributed by atoms with Gasteiger partial charge in [0.15, 0.2) is 5.82 Å². The first kappa shape index (κ1) is 41.3. The van der Waals surface area contributed by atoms with E-state index in [-0.39, 0.29) is 49.1 Å². The molecule has 5 heterocycles. The van der Waals surface area contributed by atoms with E-state index in [2.05, 4.69) is 40.1 Å². The summed E-state index contributed by atoms with van der Waals surface area (Å²) >= 11 is 0. The summed E-state index contributed by atoms with van der Waals surface area (Å²) in [6.07, 6.45) is 5.57. The zero-order valence-electron chi connectivity index (χ0n) is 31.5. The van der Waals surface area contributed by atoms with Crippen LogP contribution < -0.4 is 21.7 Å². The van der Waals surface area contributed by atoms with E-state index >= 15 is 0 Å². The van der Waals surface area contributed by atoms with Gasteiger partial charge in [-0.25, -0.2) is 9.59 Å². The maximum absolute atomic E-state index is 13.4. The maximum Gasteiger partial charge on any atom is 0.328 e. The summed E-state index contributed by atoms with van der Waals surface area (Å²) in [6.45, 7) is 6.72. The first-order valence-electron chi connectivity index (χ1n) is 18.5. The molecule has 0 saturated carbocycles. The molecule has 0 radical (unpaired) electrons. The van der Waals surface area contributed by atoms with Gasteiger partial charge in [-0.3, -0.25) is 34.0 Å². The van der Waals surface area contributed by atoms with Crippen molar-refractivity contribution >= 4 is 47.4 Å². The van der Waals surface area contributed by atoms with Gasteiger partial charge in [-0.1, -0.05) is 42.8 Å². The maximum atomic E-state index is 13.4. The zero-order valence-corrected chi connectivity index (χ0v) is 31.5.